The van der Waals surface area contributed by atoms with Gasteiger partial charge in [-0.25, -0.2) is 12.8 Å². The van der Waals surface area contributed by atoms with E-state index in [-0.39, 0.29) is 10.5 Å². The minimum absolute atomic E-state index is 0.0963. The summed E-state index contributed by atoms with van der Waals surface area (Å²) in [6.07, 6.45) is 1.11. The van der Waals surface area contributed by atoms with Gasteiger partial charge >= 0.3 is 0 Å². The van der Waals surface area contributed by atoms with E-state index in [9.17, 15) is 17.6 Å². The highest BCUT2D eigenvalue weighted by molar-refractivity contribution is 9.10. The summed E-state index contributed by atoms with van der Waals surface area (Å²) in [6.45, 7) is 1.67. The minimum atomic E-state index is -3.31. The molecule has 0 radical (unpaired) electrons. The van der Waals surface area contributed by atoms with Crippen molar-refractivity contribution in [1.82, 2.24) is 0 Å². The molecule has 0 aromatic heterocycles. The predicted octanol–water partition coefficient (Wildman–Crippen LogP) is 3.55. The van der Waals surface area contributed by atoms with E-state index in [0.29, 0.717) is 15.7 Å². The van der Waals surface area contributed by atoms with Crippen LogP contribution in [0.1, 0.15) is 15.9 Å². The molecule has 7 heteroatoms. The Hall–Kier alpha value is -1.73. The third kappa shape index (κ3) is 3.72. The van der Waals surface area contributed by atoms with Gasteiger partial charge in [-0.2, -0.15) is 0 Å². The number of halogens is 2. The highest BCUT2D eigenvalue weighted by Gasteiger charge is 2.15. The lowest BCUT2D eigenvalue weighted by molar-refractivity contribution is 0.102. The first kappa shape index (κ1) is 16.6. The fraction of sp³-hybridized carbons (Fsp3) is 0.133. The molecule has 0 heterocycles. The van der Waals surface area contributed by atoms with E-state index in [4.69, 9.17) is 0 Å². The van der Waals surface area contributed by atoms with Gasteiger partial charge in [-0.05, 0) is 48.9 Å². The number of hydrogen-bond donors (Lipinski definition) is 1. The number of carbonyl (C=O) groups excluding carboxylic acids is 1. The summed E-state index contributed by atoms with van der Waals surface area (Å²) >= 11 is 3.18. The number of aryl methyl sites for hydroxylation is 1. The molecule has 116 valence electrons. The van der Waals surface area contributed by atoms with Crippen LogP contribution in [0.3, 0.4) is 0 Å². The number of hydrogen-bond acceptors (Lipinski definition) is 3. The maximum Gasteiger partial charge on any atom is 0.258 e. The van der Waals surface area contributed by atoms with E-state index in [1.807, 2.05) is 0 Å². The second-order valence-electron chi connectivity index (χ2n) is 4.83. The predicted molar refractivity (Wildman–Crippen MR) is 86.3 cm³/mol. The van der Waals surface area contributed by atoms with Crippen LogP contribution in [0.4, 0.5) is 10.1 Å². The number of nitrogens with one attached hydrogen (secondary N) is 1. The summed E-state index contributed by atoms with van der Waals surface area (Å²) in [5.74, 6) is -1.24. The van der Waals surface area contributed by atoms with Crippen molar-refractivity contribution >= 4 is 37.4 Å². The maximum atomic E-state index is 13.7. The van der Waals surface area contributed by atoms with E-state index < -0.39 is 21.6 Å². The lowest BCUT2D eigenvalue weighted by atomic mass is 10.1. The van der Waals surface area contributed by atoms with Crippen molar-refractivity contribution in [3.8, 4) is 0 Å². The minimum Gasteiger partial charge on any atom is -0.322 e. The van der Waals surface area contributed by atoms with Crippen molar-refractivity contribution in [3.05, 3.63) is 57.8 Å². The van der Waals surface area contributed by atoms with Gasteiger partial charge < -0.3 is 5.32 Å². The highest BCUT2D eigenvalue weighted by Crippen LogP contribution is 2.22. The number of carbonyl (C=O) groups is 1. The van der Waals surface area contributed by atoms with Crippen molar-refractivity contribution in [3.63, 3.8) is 0 Å². The molecule has 2 rings (SSSR count). The van der Waals surface area contributed by atoms with Crippen molar-refractivity contribution in [2.75, 3.05) is 11.6 Å². The van der Waals surface area contributed by atoms with Crippen LogP contribution < -0.4 is 5.32 Å². The molecule has 0 aliphatic carbocycles. The Morgan fingerprint density at radius 1 is 1.18 bits per heavy atom. The Kier molecular flexibility index (Phi) is 4.67. The molecule has 0 saturated carbocycles. The molecule has 4 nitrogen and oxygen atoms in total. The first-order chi connectivity index (χ1) is 10.2. The van der Waals surface area contributed by atoms with Crippen LogP contribution in [-0.2, 0) is 9.84 Å². The van der Waals surface area contributed by atoms with Crippen molar-refractivity contribution in [1.29, 1.82) is 0 Å². The molecule has 1 amide bonds. The number of amides is 1. The molecular weight excluding hydrogens is 373 g/mol. The largest absolute Gasteiger partial charge is 0.322 e. The Morgan fingerprint density at radius 3 is 2.45 bits per heavy atom. The molecule has 2 aromatic carbocycles. The summed E-state index contributed by atoms with van der Waals surface area (Å²) in [6, 6.07) is 8.42. The second kappa shape index (κ2) is 6.18. The number of benzene rings is 2. The van der Waals surface area contributed by atoms with E-state index in [1.165, 1.54) is 36.4 Å². The molecule has 0 unspecified atom stereocenters. The van der Waals surface area contributed by atoms with Gasteiger partial charge in [-0.15, -0.1) is 0 Å². The summed E-state index contributed by atoms with van der Waals surface area (Å²) in [4.78, 5) is 12.3. The Balaban J connectivity index is 2.31. The highest BCUT2D eigenvalue weighted by atomic mass is 79.9. The molecule has 22 heavy (non-hydrogen) atoms. The van der Waals surface area contributed by atoms with E-state index in [1.54, 1.807) is 6.92 Å². The van der Waals surface area contributed by atoms with Crippen LogP contribution in [0.2, 0.25) is 0 Å². The van der Waals surface area contributed by atoms with Gasteiger partial charge in [0.2, 0.25) is 0 Å². The zero-order valence-corrected chi connectivity index (χ0v) is 14.3. The average Bonchev–Trinajstić information content (AvgIpc) is 2.42. The first-order valence-corrected chi connectivity index (χ1v) is 8.94. The normalized spacial score (nSPS) is 11.3. The van der Waals surface area contributed by atoms with Crippen LogP contribution in [0, 0.1) is 12.7 Å². The zero-order chi connectivity index (χ0) is 16.5. The average molecular weight is 386 g/mol. The third-order valence-corrected chi connectivity index (χ3v) is 4.65. The topological polar surface area (TPSA) is 63.2 Å². The standard InChI is InChI=1S/C15H13BrFNO3S/c1-9-7-11(22(2,20)21)4-6-14(9)18-15(19)12-8-10(16)3-5-13(12)17/h3-8H,1-2H3,(H,18,19). The SMILES string of the molecule is Cc1cc(S(C)(=O)=O)ccc1NC(=O)c1cc(Br)ccc1F. The first-order valence-electron chi connectivity index (χ1n) is 6.25. The summed E-state index contributed by atoms with van der Waals surface area (Å²) in [5, 5.41) is 2.58. The molecule has 0 bridgehead atoms. The van der Waals surface area contributed by atoms with Gasteiger partial charge in [0.15, 0.2) is 9.84 Å². The molecular formula is C15H13BrFNO3S. The Bertz CT molecular complexity index is 850. The molecule has 0 fully saturated rings. The number of sulfone groups is 1. The van der Waals surface area contributed by atoms with E-state index in [2.05, 4.69) is 21.2 Å². The van der Waals surface area contributed by atoms with Gasteiger partial charge in [-0.3, -0.25) is 4.79 Å². The van der Waals surface area contributed by atoms with Gasteiger partial charge in [-0.1, -0.05) is 15.9 Å². The van der Waals surface area contributed by atoms with Crippen LogP contribution in [0.5, 0.6) is 0 Å². The van der Waals surface area contributed by atoms with Crippen LogP contribution in [-0.4, -0.2) is 20.6 Å². The third-order valence-electron chi connectivity index (χ3n) is 3.05. The molecule has 1 N–H and O–H groups in total. The lowest BCUT2D eigenvalue weighted by Gasteiger charge is -2.10. The summed E-state index contributed by atoms with van der Waals surface area (Å²) in [7, 11) is -3.31. The number of anilines is 1. The molecule has 0 aliphatic rings. The van der Waals surface area contributed by atoms with Crippen LogP contribution >= 0.6 is 15.9 Å². The molecule has 0 atom stereocenters. The second-order valence-corrected chi connectivity index (χ2v) is 7.76. The van der Waals surface area contributed by atoms with E-state index in [0.717, 1.165) is 6.26 Å². The van der Waals surface area contributed by atoms with Gasteiger partial charge in [0.1, 0.15) is 5.82 Å². The lowest BCUT2D eigenvalue weighted by Crippen LogP contribution is -2.14. The monoisotopic (exact) mass is 385 g/mol. The fourth-order valence-corrected chi connectivity index (χ4v) is 2.94. The number of rotatable bonds is 3. The fourth-order valence-electron chi connectivity index (χ4n) is 1.87. The molecule has 0 aliphatic heterocycles. The van der Waals surface area contributed by atoms with Crippen molar-refractivity contribution in [2.45, 2.75) is 11.8 Å². The molecule has 2 aromatic rings. The van der Waals surface area contributed by atoms with Crippen molar-refractivity contribution < 1.29 is 17.6 Å². The summed E-state index contributed by atoms with van der Waals surface area (Å²) < 4.78 is 37.2. The van der Waals surface area contributed by atoms with Gasteiger partial charge in [0, 0.05) is 16.4 Å². The maximum absolute atomic E-state index is 13.7. The van der Waals surface area contributed by atoms with Gasteiger partial charge in [0.05, 0.1) is 10.5 Å². The van der Waals surface area contributed by atoms with Gasteiger partial charge in [0.25, 0.3) is 5.91 Å². The smallest absolute Gasteiger partial charge is 0.258 e. The van der Waals surface area contributed by atoms with Crippen molar-refractivity contribution in [2.24, 2.45) is 0 Å². The summed E-state index contributed by atoms with van der Waals surface area (Å²) in [5.41, 5.74) is 0.907. The Morgan fingerprint density at radius 2 is 1.86 bits per heavy atom. The van der Waals surface area contributed by atoms with Crippen LogP contribution in [0.15, 0.2) is 45.8 Å². The zero-order valence-electron chi connectivity index (χ0n) is 11.9. The Labute approximate surface area is 136 Å². The van der Waals surface area contributed by atoms with Crippen LogP contribution in [0.25, 0.3) is 0 Å². The molecule has 0 saturated heterocycles. The molecule has 0 spiro atoms. The quantitative estimate of drug-likeness (QED) is 0.878. The van der Waals surface area contributed by atoms with E-state index >= 15 is 0 Å².